The smallest absolute Gasteiger partial charge is 0.255 e. The minimum Gasteiger partial charge on any atom is -0.508 e. The molecule has 0 aromatic heterocycles. The maximum absolute atomic E-state index is 12.3. The van der Waals surface area contributed by atoms with Gasteiger partial charge in [-0.05, 0) is 54.8 Å². The molecule has 0 spiro atoms. The lowest BCUT2D eigenvalue weighted by Gasteiger charge is -2.20. The van der Waals surface area contributed by atoms with Gasteiger partial charge in [0.05, 0.1) is 0 Å². The van der Waals surface area contributed by atoms with Gasteiger partial charge in [-0.3, -0.25) is 4.79 Å². The van der Waals surface area contributed by atoms with Gasteiger partial charge in [-0.15, -0.1) is 0 Å². The topological polar surface area (TPSA) is 61.4 Å². The van der Waals surface area contributed by atoms with Crippen LogP contribution in [-0.4, -0.2) is 17.6 Å². The molecule has 0 saturated heterocycles. The third kappa shape index (κ3) is 2.76. The molecule has 0 fully saturated rings. The van der Waals surface area contributed by atoms with Crippen molar-refractivity contribution in [2.45, 2.75) is 19.9 Å². The Morgan fingerprint density at radius 3 is 2.95 bits per heavy atom. The van der Waals surface area contributed by atoms with Crippen LogP contribution in [0.1, 0.15) is 27.0 Å². The molecule has 1 amide bonds. The van der Waals surface area contributed by atoms with Crippen molar-refractivity contribution in [3.63, 3.8) is 0 Å². The second-order valence-corrected chi connectivity index (χ2v) is 5.33. The molecule has 3 N–H and O–H groups in total. The van der Waals surface area contributed by atoms with Gasteiger partial charge in [-0.2, -0.15) is 0 Å². The predicted molar refractivity (Wildman–Crippen MR) is 82.6 cm³/mol. The molecular weight excluding hydrogens is 264 g/mol. The van der Waals surface area contributed by atoms with E-state index in [-0.39, 0.29) is 11.7 Å². The van der Waals surface area contributed by atoms with Crippen molar-refractivity contribution in [3.8, 4) is 5.75 Å². The summed E-state index contributed by atoms with van der Waals surface area (Å²) in [4.78, 5) is 12.3. The van der Waals surface area contributed by atoms with Crippen LogP contribution in [0.3, 0.4) is 0 Å². The predicted octanol–water partition coefficient (Wildman–Crippen LogP) is 2.60. The van der Waals surface area contributed by atoms with E-state index in [1.54, 1.807) is 19.1 Å². The summed E-state index contributed by atoms with van der Waals surface area (Å²) in [5.41, 5.74) is 4.48. The summed E-state index contributed by atoms with van der Waals surface area (Å²) in [6.07, 6.45) is 0.977. The summed E-state index contributed by atoms with van der Waals surface area (Å²) in [6, 6.07) is 10.9. The van der Waals surface area contributed by atoms with Crippen LogP contribution >= 0.6 is 0 Å². The first-order valence-electron chi connectivity index (χ1n) is 7.07. The molecule has 0 bridgehead atoms. The highest BCUT2D eigenvalue weighted by Gasteiger charge is 2.15. The van der Waals surface area contributed by atoms with Crippen molar-refractivity contribution >= 4 is 11.6 Å². The molecule has 3 rings (SSSR count). The normalized spacial score (nSPS) is 13.6. The minimum absolute atomic E-state index is 0.138. The molecule has 4 nitrogen and oxygen atoms in total. The zero-order valence-corrected chi connectivity index (χ0v) is 11.9. The molecule has 1 heterocycles. The molecule has 1 aliphatic heterocycles. The van der Waals surface area contributed by atoms with Crippen molar-refractivity contribution < 1.29 is 9.90 Å². The van der Waals surface area contributed by atoms with Crippen LogP contribution in [0.25, 0.3) is 0 Å². The summed E-state index contributed by atoms with van der Waals surface area (Å²) in [5.74, 6) is -0.0660. The molecule has 0 aliphatic carbocycles. The van der Waals surface area contributed by atoms with Crippen LogP contribution in [0, 0.1) is 6.92 Å². The number of fused-ring (bicyclic) bond motifs is 1. The van der Waals surface area contributed by atoms with E-state index in [1.165, 1.54) is 11.6 Å². The third-order valence-electron chi connectivity index (χ3n) is 3.87. The lowest BCUT2D eigenvalue weighted by molar-refractivity contribution is 0.102. The van der Waals surface area contributed by atoms with Crippen LogP contribution in [0.15, 0.2) is 36.4 Å². The number of carbonyl (C=O) groups is 1. The van der Waals surface area contributed by atoms with Gasteiger partial charge >= 0.3 is 0 Å². The van der Waals surface area contributed by atoms with Crippen molar-refractivity contribution in [1.82, 2.24) is 5.32 Å². The van der Waals surface area contributed by atoms with Gasteiger partial charge in [0.1, 0.15) is 5.75 Å². The minimum atomic E-state index is -0.204. The number of anilines is 1. The van der Waals surface area contributed by atoms with Crippen LogP contribution in [0.5, 0.6) is 5.75 Å². The Kier molecular flexibility index (Phi) is 3.62. The molecule has 0 unspecified atom stereocenters. The summed E-state index contributed by atoms with van der Waals surface area (Å²) >= 11 is 0. The molecule has 2 aromatic carbocycles. The van der Waals surface area contributed by atoms with E-state index >= 15 is 0 Å². The maximum atomic E-state index is 12.3. The zero-order valence-electron chi connectivity index (χ0n) is 11.9. The molecule has 0 atom stereocenters. The van der Waals surface area contributed by atoms with E-state index in [2.05, 4.69) is 16.7 Å². The number of hydrogen-bond acceptors (Lipinski definition) is 3. The number of carbonyl (C=O) groups excluding carboxylic acids is 1. The molecule has 4 heteroatoms. The highest BCUT2D eigenvalue weighted by atomic mass is 16.3. The monoisotopic (exact) mass is 282 g/mol. The Morgan fingerprint density at radius 2 is 2.14 bits per heavy atom. The van der Waals surface area contributed by atoms with Gasteiger partial charge < -0.3 is 15.7 Å². The Morgan fingerprint density at radius 1 is 1.29 bits per heavy atom. The van der Waals surface area contributed by atoms with Gasteiger partial charge in [0.25, 0.3) is 5.91 Å². The fourth-order valence-electron chi connectivity index (χ4n) is 2.58. The highest BCUT2D eigenvalue weighted by Crippen LogP contribution is 2.24. The summed E-state index contributed by atoms with van der Waals surface area (Å²) < 4.78 is 0. The molecule has 1 aliphatic rings. The molecule has 2 aromatic rings. The molecule has 0 radical (unpaired) electrons. The van der Waals surface area contributed by atoms with E-state index in [9.17, 15) is 9.90 Å². The number of amides is 1. The Labute approximate surface area is 123 Å². The summed E-state index contributed by atoms with van der Waals surface area (Å²) in [5, 5.41) is 16.0. The van der Waals surface area contributed by atoms with E-state index in [4.69, 9.17) is 0 Å². The molecular formula is C17H18N2O2. The first-order valence-corrected chi connectivity index (χ1v) is 7.07. The van der Waals surface area contributed by atoms with Gasteiger partial charge in [0, 0.05) is 17.8 Å². The van der Waals surface area contributed by atoms with Gasteiger partial charge in [-0.25, -0.2) is 0 Å². The molecule has 0 saturated carbocycles. The second kappa shape index (κ2) is 5.58. The number of benzene rings is 2. The van der Waals surface area contributed by atoms with Gasteiger partial charge in [0.2, 0.25) is 0 Å². The standard InChI is InChI=1S/C17H18N2O2/c1-11-5-6-13(9-16(11)20)17(21)19-15-4-2-3-12-7-8-18-10-14(12)15/h2-6,9,18,20H,7-8,10H2,1H3,(H,19,21). The average molecular weight is 282 g/mol. The molecule has 108 valence electrons. The Hall–Kier alpha value is -2.33. The molecule has 21 heavy (non-hydrogen) atoms. The number of phenolic OH excluding ortho intramolecular Hbond substituents is 1. The van der Waals surface area contributed by atoms with Crippen LogP contribution < -0.4 is 10.6 Å². The maximum Gasteiger partial charge on any atom is 0.255 e. The van der Waals surface area contributed by atoms with Crippen LogP contribution in [0.4, 0.5) is 5.69 Å². The van der Waals surface area contributed by atoms with Crippen molar-refractivity contribution in [2.24, 2.45) is 0 Å². The number of rotatable bonds is 2. The zero-order chi connectivity index (χ0) is 14.8. The third-order valence-corrected chi connectivity index (χ3v) is 3.87. The van der Waals surface area contributed by atoms with Crippen LogP contribution in [-0.2, 0) is 13.0 Å². The number of phenols is 1. The van der Waals surface area contributed by atoms with Crippen molar-refractivity contribution in [1.29, 1.82) is 0 Å². The first kappa shape index (κ1) is 13.6. The van der Waals surface area contributed by atoms with Crippen molar-refractivity contribution in [3.05, 3.63) is 58.7 Å². The summed E-state index contributed by atoms with van der Waals surface area (Å²) in [7, 11) is 0. The van der Waals surface area contributed by atoms with Crippen molar-refractivity contribution in [2.75, 3.05) is 11.9 Å². The average Bonchev–Trinajstić information content (AvgIpc) is 2.50. The van der Waals surface area contributed by atoms with E-state index in [0.29, 0.717) is 5.56 Å². The van der Waals surface area contributed by atoms with Gasteiger partial charge in [0.15, 0.2) is 0 Å². The Bertz CT molecular complexity index is 695. The quantitative estimate of drug-likeness (QED) is 0.793. The highest BCUT2D eigenvalue weighted by molar-refractivity contribution is 6.05. The number of nitrogens with one attached hydrogen (secondary N) is 2. The fraction of sp³-hybridized carbons (Fsp3) is 0.235. The van der Waals surface area contributed by atoms with E-state index < -0.39 is 0 Å². The summed E-state index contributed by atoms with van der Waals surface area (Å²) in [6.45, 7) is 3.54. The number of hydrogen-bond donors (Lipinski definition) is 3. The van der Waals surface area contributed by atoms with Gasteiger partial charge in [-0.1, -0.05) is 18.2 Å². The van der Waals surface area contributed by atoms with Crippen LogP contribution in [0.2, 0.25) is 0 Å². The largest absolute Gasteiger partial charge is 0.508 e. The van der Waals surface area contributed by atoms with E-state index in [0.717, 1.165) is 36.3 Å². The number of aryl methyl sites for hydroxylation is 1. The second-order valence-electron chi connectivity index (χ2n) is 5.33. The van der Waals surface area contributed by atoms with E-state index in [1.807, 2.05) is 12.1 Å². The lowest BCUT2D eigenvalue weighted by atomic mass is 9.99. The fourth-order valence-corrected chi connectivity index (χ4v) is 2.58. The number of aromatic hydroxyl groups is 1. The Balaban J connectivity index is 1.86. The SMILES string of the molecule is Cc1ccc(C(=O)Nc2cccc3c2CNCC3)cc1O. The first-order chi connectivity index (χ1) is 10.1. The lowest BCUT2D eigenvalue weighted by Crippen LogP contribution is -2.25.